The maximum absolute atomic E-state index is 12.8. The third kappa shape index (κ3) is 1.99. The van der Waals surface area contributed by atoms with Crippen LogP contribution in [-0.4, -0.2) is 33.5 Å². The molecule has 4 heteroatoms. The van der Waals surface area contributed by atoms with E-state index in [2.05, 4.69) is 11.1 Å². The summed E-state index contributed by atoms with van der Waals surface area (Å²) >= 11 is 0. The van der Waals surface area contributed by atoms with Crippen LogP contribution in [0.3, 0.4) is 0 Å². The van der Waals surface area contributed by atoms with Gasteiger partial charge in [0, 0.05) is 28.2 Å². The Morgan fingerprint density at radius 3 is 2.70 bits per heavy atom. The number of nitrogens with one attached hydrogen (secondary N) is 1. The van der Waals surface area contributed by atoms with Gasteiger partial charge in [-0.05, 0) is 24.6 Å². The zero-order valence-corrected chi connectivity index (χ0v) is 12.9. The second kappa shape index (κ2) is 5.25. The van der Waals surface area contributed by atoms with Crippen LogP contribution in [0.25, 0.3) is 10.9 Å². The zero-order chi connectivity index (χ0) is 16.0. The van der Waals surface area contributed by atoms with Crippen molar-refractivity contribution in [2.75, 3.05) is 6.61 Å². The first-order chi connectivity index (χ1) is 11.2. The second-order valence-electron chi connectivity index (χ2n) is 6.02. The molecule has 2 N–H and O–H groups in total. The maximum Gasteiger partial charge on any atom is 0.255 e. The summed E-state index contributed by atoms with van der Waals surface area (Å²) in [7, 11) is 0. The van der Waals surface area contributed by atoms with Crippen molar-refractivity contribution in [2.24, 2.45) is 0 Å². The highest BCUT2D eigenvalue weighted by atomic mass is 16.3. The third-order valence-corrected chi connectivity index (χ3v) is 4.65. The number of para-hydroxylation sites is 1. The minimum absolute atomic E-state index is 0.0163. The van der Waals surface area contributed by atoms with Crippen LogP contribution in [0.4, 0.5) is 0 Å². The highest BCUT2D eigenvalue weighted by Gasteiger charge is 2.40. The van der Waals surface area contributed by atoms with E-state index >= 15 is 0 Å². The summed E-state index contributed by atoms with van der Waals surface area (Å²) in [6.07, 6.45) is 1.97. The van der Waals surface area contributed by atoms with Crippen molar-refractivity contribution in [1.82, 2.24) is 9.88 Å². The van der Waals surface area contributed by atoms with Crippen LogP contribution in [0.5, 0.6) is 0 Å². The molecule has 0 saturated heterocycles. The van der Waals surface area contributed by atoms with Crippen molar-refractivity contribution in [3.8, 4) is 0 Å². The number of aromatic amines is 1. The van der Waals surface area contributed by atoms with Gasteiger partial charge in [-0.15, -0.1) is 0 Å². The molecule has 1 aliphatic rings. The molecule has 4 nitrogen and oxygen atoms in total. The molecule has 1 aliphatic heterocycles. The lowest BCUT2D eigenvalue weighted by Crippen LogP contribution is -2.39. The average molecular weight is 306 g/mol. The normalized spacial score (nSPS) is 18.4. The van der Waals surface area contributed by atoms with Gasteiger partial charge in [0.2, 0.25) is 0 Å². The Bertz CT molecular complexity index is 884. The van der Waals surface area contributed by atoms with E-state index in [1.54, 1.807) is 4.90 Å². The first-order valence-electron chi connectivity index (χ1n) is 7.81. The lowest BCUT2D eigenvalue weighted by molar-refractivity contribution is 0.0596. The third-order valence-electron chi connectivity index (χ3n) is 4.65. The summed E-state index contributed by atoms with van der Waals surface area (Å²) in [6.45, 7) is 1.82. The van der Waals surface area contributed by atoms with Crippen LogP contribution >= 0.6 is 0 Å². The Morgan fingerprint density at radius 2 is 1.87 bits per heavy atom. The van der Waals surface area contributed by atoms with E-state index in [-0.39, 0.29) is 24.6 Å². The number of aliphatic hydroxyl groups is 1. The Kier molecular flexibility index (Phi) is 3.20. The van der Waals surface area contributed by atoms with Gasteiger partial charge in [0.15, 0.2) is 0 Å². The number of H-pyrrole nitrogens is 1. The van der Waals surface area contributed by atoms with E-state index in [1.807, 2.05) is 55.6 Å². The largest absolute Gasteiger partial charge is 0.394 e. The molecule has 1 amide bonds. The zero-order valence-electron chi connectivity index (χ0n) is 12.9. The van der Waals surface area contributed by atoms with Crippen LogP contribution in [0.2, 0.25) is 0 Å². The maximum atomic E-state index is 12.8. The Labute approximate surface area is 134 Å². The van der Waals surface area contributed by atoms with E-state index in [9.17, 15) is 9.90 Å². The highest BCUT2D eigenvalue weighted by molar-refractivity contribution is 6.01. The van der Waals surface area contributed by atoms with Crippen molar-refractivity contribution < 1.29 is 9.90 Å². The number of fused-ring (bicyclic) bond motifs is 2. The van der Waals surface area contributed by atoms with Gasteiger partial charge in [0.05, 0.1) is 18.7 Å². The Balaban J connectivity index is 1.95. The number of carbonyl (C=O) groups excluding carboxylic acids is 1. The molecule has 0 saturated carbocycles. The van der Waals surface area contributed by atoms with Crippen molar-refractivity contribution in [1.29, 1.82) is 0 Å². The predicted molar refractivity (Wildman–Crippen MR) is 89.3 cm³/mol. The Hall–Kier alpha value is -2.59. The summed E-state index contributed by atoms with van der Waals surface area (Å²) in [5.74, 6) is -0.0163. The van der Waals surface area contributed by atoms with Crippen LogP contribution in [0.15, 0.2) is 54.7 Å². The quantitative estimate of drug-likeness (QED) is 0.781. The first-order valence-corrected chi connectivity index (χ1v) is 7.81. The van der Waals surface area contributed by atoms with Gasteiger partial charge in [-0.2, -0.15) is 0 Å². The molecule has 0 spiro atoms. The van der Waals surface area contributed by atoms with Crippen molar-refractivity contribution in [3.63, 3.8) is 0 Å². The van der Waals surface area contributed by atoms with Crippen LogP contribution in [-0.2, 0) is 0 Å². The molecular weight excluding hydrogens is 288 g/mol. The lowest BCUT2D eigenvalue weighted by Gasteiger charge is -2.30. The smallest absolute Gasteiger partial charge is 0.255 e. The fourth-order valence-corrected chi connectivity index (χ4v) is 3.52. The van der Waals surface area contributed by atoms with E-state index in [0.29, 0.717) is 0 Å². The van der Waals surface area contributed by atoms with E-state index in [1.165, 1.54) is 0 Å². The number of hydrogen-bond acceptors (Lipinski definition) is 2. The summed E-state index contributed by atoms with van der Waals surface area (Å²) in [5.41, 5.74) is 3.85. The standard InChI is InChI=1S/C19H18N2O2/c1-12(11-22)21-18(14-7-2-3-8-15(14)19(21)23)16-10-20-17-9-5-4-6-13(16)17/h2-10,12,18,20,22H,11H2,1H3/t12-,18-/m1/s1. The number of aliphatic hydroxyl groups excluding tert-OH is 1. The summed E-state index contributed by atoms with van der Waals surface area (Å²) < 4.78 is 0. The fraction of sp³-hybridized carbons (Fsp3) is 0.211. The molecule has 4 rings (SSSR count). The summed E-state index contributed by atoms with van der Waals surface area (Å²) in [5, 5.41) is 10.7. The number of nitrogens with zero attached hydrogens (tertiary/aromatic N) is 1. The number of benzene rings is 2. The molecule has 0 radical (unpaired) electrons. The van der Waals surface area contributed by atoms with E-state index in [4.69, 9.17) is 0 Å². The van der Waals surface area contributed by atoms with Crippen molar-refractivity contribution >= 4 is 16.8 Å². The molecule has 2 heterocycles. The van der Waals surface area contributed by atoms with Gasteiger partial charge in [-0.25, -0.2) is 0 Å². The number of amides is 1. The molecule has 1 aromatic heterocycles. The predicted octanol–water partition coefficient (Wildman–Crippen LogP) is 3.09. The summed E-state index contributed by atoms with van der Waals surface area (Å²) in [4.78, 5) is 17.9. The molecule has 0 unspecified atom stereocenters. The van der Waals surface area contributed by atoms with Crippen molar-refractivity contribution in [2.45, 2.75) is 19.0 Å². The van der Waals surface area contributed by atoms with E-state index in [0.717, 1.165) is 27.6 Å². The van der Waals surface area contributed by atoms with Crippen LogP contribution < -0.4 is 0 Å². The van der Waals surface area contributed by atoms with Gasteiger partial charge in [-0.1, -0.05) is 36.4 Å². The number of hydrogen-bond donors (Lipinski definition) is 2. The number of aromatic nitrogens is 1. The molecule has 2 aromatic carbocycles. The van der Waals surface area contributed by atoms with Crippen molar-refractivity contribution in [3.05, 3.63) is 71.4 Å². The van der Waals surface area contributed by atoms with Gasteiger partial charge >= 0.3 is 0 Å². The molecule has 0 aliphatic carbocycles. The van der Waals surface area contributed by atoms with Gasteiger partial charge < -0.3 is 15.0 Å². The topological polar surface area (TPSA) is 56.3 Å². The molecular formula is C19H18N2O2. The molecule has 0 fully saturated rings. The SMILES string of the molecule is C[C@H](CO)N1C(=O)c2ccccc2[C@@H]1c1c[nH]c2ccccc12. The summed E-state index contributed by atoms with van der Waals surface area (Å²) in [6, 6.07) is 15.4. The number of carbonyl (C=O) groups is 1. The minimum Gasteiger partial charge on any atom is -0.394 e. The van der Waals surface area contributed by atoms with Gasteiger partial charge in [-0.3, -0.25) is 4.79 Å². The molecule has 23 heavy (non-hydrogen) atoms. The molecule has 2 atom stereocenters. The molecule has 3 aromatic rings. The van der Waals surface area contributed by atoms with Crippen LogP contribution in [0.1, 0.15) is 34.5 Å². The fourth-order valence-electron chi connectivity index (χ4n) is 3.52. The second-order valence-corrected chi connectivity index (χ2v) is 6.02. The monoisotopic (exact) mass is 306 g/mol. The lowest BCUT2D eigenvalue weighted by atomic mass is 9.97. The van der Waals surface area contributed by atoms with E-state index < -0.39 is 0 Å². The number of rotatable bonds is 3. The van der Waals surface area contributed by atoms with Gasteiger partial charge in [0.25, 0.3) is 5.91 Å². The minimum atomic E-state index is -0.242. The first kappa shape index (κ1) is 14.0. The van der Waals surface area contributed by atoms with Gasteiger partial charge in [0.1, 0.15) is 0 Å². The highest BCUT2D eigenvalue weighted by Crippen LogP contribution is 2.42. The molecule has 116 valence electrons. The van der Waals surface area contributed by atoms with Crippen LogP contribution in [0, 0.1) is 0 Å². The average Bonchev–Trinajstić information content (AvgIpc) is 3.14. The Morgan fingerprint density at radius 1 is 1.13 bits per heavy atom. The molecule has 0 bridgehead atoms.